The van der Waals surface area contributed by atoms with Gasteiger partial charge in [-0.15, -0.1) is 24.0 Å². The van der Waals surface area contributed by atoms with E-state index in [1.807, 2.05) is 0 Å². The third-order valence-electron chi connectivity index (χ3n) is 3.08. The Morgan fingerprint density at radius 3 is 2.47 bits per heavy atom. The highest BCUT2D eigenvalue weighted by atomic mass is 127. The van der Waals surface area contributed by atoms with Crippen LogP contribution in [0.15, 0.2) is 4.99 Å². The van der Waals surface area contributed by atoms with E-state index in [0.717, 1.165) is 38.4 Å². The monoisotopic (exact) mass is 382 g/mol. The molecule has 0 bridgehead atoms. The Bertz CT molecular complexity index is 288. The van der Waals surface area contributed by atoms with Crippen molar-refractivity contribution in [3.63, 3.8) is 0 Å². The van der Waals surface area contributed by atoms with Gasteiger partial charge in [-0.3, -0.25) is 4.79 Å². The van der Waals surface area contributed by atoms with Gasteiger partial charge in [0.15, 0.2) is 5.96 Å². The standard InChI is InChI=1S/C13H26N4O.HI/c1-4-5-8-14-13(17-9-6-7-10-17)15-11-12(18)16(2)3;/h4-11H2,1-3H3,(H,14,15);1H. The fourth-order valence-electron chi connectivity index (χ4n) is 1.86. The number of halogens is 1. The molecule has 1 saturated heterocycles. The first-order chi connectivity index (χ1) is 8.65. The molecule has 0 radical (unpaired) electrons. The Hall–Kier alpha value is -0.530. The molecule has 0 spiro atoms. The molecule has 0 aromatic heterocycles. The van der Waals surface area contributed by atoms with Crippen molar-refractivity contribution in [1.29, 1.82) is 0 Å². The number of rotatable bonds is 5. The van der Waals surface area contributed by atoms with Crippen molar-refractivity contribution < 1.29 is 4.79 Å². The van der Waals surface area contributed by atoms with Crippen LogP contribution in [0.2, 0.25) is 0 Å². The van der Waals surface area contributed by atoms with Gasteiger partial charge in [0.05, 0.1) is 0 Å². The molecule has 0 aliphatic carbocycles. The molecule has 1 aliphatic heterocycles. The molecule has 112 valence electrons. The van der Waals surface area contributed by atoms with Crippen molar-refractivity contribution >= 4 is 35.8 Å². The maximum absolute atomic E-state index is 11.6. The van der Waals surface area contributed by atoms with Gasteiger partial charge in [-0.1, -0.05) is 13.3 Å². The van der Waals surface area contributed by atoms with Crippen LogP contribution >= 0.6 is 24.0 Å². The van der Waals surface area contributed by atoms with Crippen molar-refractivity contribution in [2.75, 3.05) is 40.3 Å². The second kappa shape index (κ2) is 10.3. The van der Waals surface area contributed by atoms with E-state index in [-0.39, 0.29) is 36.4 Å². The molecule has 1 rings (SSSR count). The molecule has 1 heterocycles. The van der Waals surface area contributed by atoms with E-state index < -0.39 is 0 Å². The lowest BCUT2D eigenvalue weighted by Crippen LogP contribution is -2.41. The summed E-state index contributed by atoms with van der Waals surface area (Å²) < 4.78 is 0. The second-order valence-corrected chi connectivity index (χ2v) is 4.90. The molecular formula is C13H27IN4O. The summed E-state index contributed by atoms with van der Waals surface area (Å²) in [6, 6.07) is 0. The number of aliphatic imine (C=N–C) groups is 1. The highest BCUT2D eigenvalue weighted by Crippen LogP contribution is 2.07. The van der Waals surface area contributed by atoms with Crippen LogP contribution < -0.4 is 5.32 Å². The Morgan fingerprint density at radius 1 is 1.32 bits per heavy atom. The first-order valence-corrected chi connectivity index (χ1v) is 6.88. The number of amides is 1. The van der Waals surface area contributed by atoms with Crippen LogP contribution in [0.1, 0.15) is 32.6 Å². The number of carbonyl (C=O) groups is 1. The maximum Gasteiger partial charge on any atom is 0.243 e. The number of nitrogens with one attached hydrogen (secondary N) is 1. The molecule has 0 atom stereocenters. The van der Waals surface area contributed by atoms with E-state index in [1.165, 1.54) is 12.8 Å². The average Bonchev–Trinajstić information content (AvgIpc) is 2.86. The van der Waals surface area contributed by atoms with Crippen molar-refractivity contribution in [2.45, 2.75) is 32.6 Å². The lowest BCUT2D eigenvalue weighted by Gasteiger charge is -2.21. The zero-order chi connectivity index (χ0) is 13.4. The zero-order valence-corrected chi connectivity index (χ0v) is 14.6. The summed E-state index contributed by atoms with van der Waals surface area (Å²) in [5.41, 5.74) is 0. The van der Waals surface area contributed by atoms with Crippen LogP contribution in [0, 0.1) is 0 Å². The topological polar surface area (TPSA) is 47.9 Å². The molecule has 1 N–H and O–H groups in total. The minimum atomic E-state index is 0. The first-order valence-electron chi connectivity index (χ1n) is 6.88. The summed E-state index contributed by atoms with van der Waals surface area (Å²) in [5, 5.41) is 3.36. The van der Waals surface area contributed by atoms with Gasteiger partial charge in [0.1, 0.15) is 6.54 Å². The highest BCUT2D eigenvalue weighted by Gasteiger charge is 2.16. The summed E-state index contributed by atoms with van der Waals surface area (Å²) >= 11 is 0. The molecule has 19 heavy (non-hydrogen) atoms. The minimum absolute atomic E-state index is 0. The molecule has 1 amide bonds. The summed E-state index contributed by atoms with van der Waals surface area (Å²) in [5.74, 6) is 0.945. The Balaban J connectivity index is 0.00000324. The molecule has 1 fully saturated rings. The number of nitrogens with zero attached hydrogens (tertiary/aromatic N) is 3. The number of likely N-dealkylation sites (N-methyl/N-ethyl adjacent to an activating group) is 1. The van der Waals surface area contributed by atoms with Gasteiger partial charge in [-0.25, -0.2) is 4.99 Å². The van der Waals surface area contributed by atoms with Crippen LogP contribution in [0.5, 0.6) is 0 Å². The molecule has 1 aliphatic rings. The number of hydrogen-bond donors (Lipinski definition) is 1. The number of guanidine groups is 1. The quantitative estimate of drug-likeness (QED) is 0.340. The van der Waals surface area contributed by atoms with Crippen molar-refractivity contribution in [3.8, 4) is 0 Å². The van der Waals surface area contributed by atoms with Crippen LogP contribution in [-0.2, 0) is 4.79 Å². The van der Waals surface area contributed by atoms with E-state index in [2.05, 4.69) is 22.1 Å². The van der Waals surface area contributed by atoms with E-state index in [9.17, 15) is 4.79 Å². The number of likely N-dealkylation sites (tertiary alicyclic amines) is 1. The zero-order valence-electron chi connectivity index (χ0n) is 12.3. The molecule has 0 aromatic carbocycles. The smallest absolute Gasteiger partial charge is 0.243 e. The summed E-state index contributed by atoms with van der Waals surface area (Å²) in [7, 11) is 3.52. The lowest BCUT2D eigenvalue weighted by molar-refractivity contribution is -0.127. The van der Waals surface area contributed by atoms with E-state index in [1.54, 1.807) is 19.0 Å². The Labute approximate surface area is 133 Å². The van der Waals surface area contributed by atoms with E-state index >= 15 is 0 Å². The van der Waals surface area contributed by atoms with Gasteiger partial charge in [-0.05, 0) is 19.3 Å². The van der Waals surface area contributed by atoms with Crippen LogP contribution in [-0.4, -0.2) is 61.9 Å². The Morgan fingerprint density at radius 2 is 1.95 bits per heavy atom. The molecule has 0 aromatic rings. The van der Waals surface area contributed by atoms with Gasteiger partial charge >= 0.3 is 0 Å². The third-order valence-corrected chi connectivity index (χ3v) is 3.08. The van der Waals surface area contributed by atoms with Crippen LogP contribution in [0.3, 0.4) is 0 Å². The molecular weight excluding hydrogens is 355 g/mol. The first kappa shape index (κ1) is 18.5. The molecule has 0 saturated carbocycles. The predicted molar refractivity (Wildman–Crippen MR) is 90.1 cm³/mol. The normalized spacial score (nSPS) is 15.1. The summed E-state index contributed by atoms with van der Waals surface area (Å²) in [6.45, 7) is 5.44. The number of unbranched alkanes of at least 4 members (excludes halogenated alkanes) is 1. The minimum Gasteiger partial charge on any atom is -0.356 e. The molecule has 6 heteroatoms. The fraction of sp³-hybridized carbons (Fsp3) is 0.846. The number of carbonyl (C=O) groups excluding carboxylic acids is 1. The predicted octanol–water partition coefficient (Wildman–Crippen LogP) is 1.53. The van der Waals surface area contributed by atoms with Crippen LogP contribution in [0.4, 0.5) is 0 Å². The van der Waals surface area contributed by atoms with Crippen molar-refractivity contribution in [1.82, 2.24) is 15.1 Å². The molecule has 0 unspecified atom stereocenters. The maximum atomic E-state index is 11.6. The van der Waals surface area contributed by atoms with Crippen molar-refractivity contribution in [3.05, 3.63) is 0 Å². The third kappa shape index (κ3) is 6.98. The van der Waals surface area contributed by atoms with Gasteiger partial charge < -0.3 is 15.1 Å². The van der Waals surface area contributed by atoms with Gasteiger partial charge in [0, 0.05) is 33.7 Å². The fourth-order valence-corrected chi connectivity index (χ4v) is 1.86. The van der Waals surface area contributed by atoms with Crippen LogP contribution in [0.25, 0.3) is 0 Å². The largest absolute Gasteiger partial charge is 0.356 e. The highest BCUT2D eigenvalue weighted by molar-refractivity contribution is 14.0. The number of hydrogen-bond acceptors (Lipinski definition) is 2. The average molecular weight is 382 g/mol. The van der Waals surface area contributed by atoms with E-state index in [4.69, 9.17) is 0 Å². The van der Waals surface area contributed by atoms with Gasteiger partial charge in [-0.2, -0.15) is 0 Å². The Kier molecular flexibility index (Phi) is 9.99. The van der Waals surface area contributed by atoms with Gasteiger partial charge in [0.25, 0.3) is 0 Å². The van der Waals surface area contributed by atoms with E-state index in [0.29, 0.717) is 0 Å². The van der Waals surface area contributed by atoms with Crippen molar-refractivity contribution in [2.24, 2.45) is 4.99 Å². The summed E-state index contributed by atoms with van der Waals surface area (Å²) in [4.78, 5) is 19.8. The SMILES string of the molecule is CCCCNC(=NCC(=O)N(C)C)N1CCCC1.I. The lowest BCUT2D eigenvalue weighted by atomic mass is 10.3. The second-order valence-electron chi connectivity index (χ2n) is 4.90. The molecule has 5 nitrogen and oxygen atoms in total. The van der Waals surface area contributed by atoms with Gasteiger partial charge in [0.2, 0.25) is 5.91 Å². The summed E-state index contributed by atoms with van der Waals surface area (Å²) in [6.07, 6.45) is 4.73.